The molecule has 0 fully saturated rings. The van der Waals surface area contributed by atoms with Crippen molar-refractivity contribution in [1.82, 2.24) is 9.97 Å². The van der Waals surface area contributed by atoms with Gasteiger partial charge in [-0.05, 0) is 39.8 Å². The van der Waals surface area contributed by atoms with E-state index < -0.39 is 14.9 Å². The fraction of sp³-hybridized carbons (Fsp3) is 0.105. The number of benzene rings is 4. The Morgan fingerprint density at radius 3 is 2.14 bits per heavy atom. The second-order valence-corrected chi connectivity index (χ2v) is 16.3. The van der Waals surface area contributed by atoms with Crippen LogP contribution in [0.25, 0.3) is 55.6 Å². The number of furan rings is 1. The number of hydrogen-bond acceptors (Lipinski definition) is 3. The predicted molar refractivity (Wildman–Crippen MR) is 177 cm³/mol. The van der Waals surface area contributed by atoms with Crippen LogP contribution in [-0.4, -0.2) is 18.0 Å². The monoisotopic (exact) mass is 756 g/mol. The van der Waals surface area contributed by atoms with Crippen LogP contribution >= 0.6 is 0 Å². The quantitative estimate of drug-likeness (QED) is 0.133. The molecule has 3 heterocycles. The van der Waals surface area contributed by atoms with Gasteiger partial charge in [-0.15, -0.1) is 59.2 Å². The zero-order valence-electron chi connectivity index (χ0n) is 27.2. The molecule has 7 rings (SSSR count). The van der Waals surface area contributed by atoms with Gasteiger partial charge in [-0.1, -0.05) is 98.6 Å². The number of rotatable bonds is 4. The van der Waals surface area contributed by atoms with Crippen molar-refractivity contribution in [1.29, 1.82) is 0 Å². The molecule has 4 aromatic carbocycles. The van der Waals surface area contributed by atoms with E-state index >= 15 is 0 Å². The van der Waals surface area contributed by atoms with E-state index in [-0.39, 0.29) is 20.1 Å². The van der Waals surface area contributed by atoms with Crippen LogP contribution < -0.4 is 5.19 Å². The van der Waals surface area contributed by atoms with Gasteiger partial charge in [0, 0.05) is 42.0 Å². The van der Waals surface area contributed by atoms with Crippen LogP contribution in [0.1, 0.15) is 9.68 Å². The number of aryl methyl sites for hydroxylation is 1. The summed E-state index contributed by atoms with van der Waals surface area (Å²) >= 11 is 0. The summed E-state index contributed by atoms with van der Waals surface area (Å²) in [6, 6.07) is 41.9. The standard InChI is InChI=1S/C23H14NO.C15H18NSi.Ir/c1-2-6-16(7-3-1)17-9-11-19-20-14-18(21-8-4-5-13-24-21)10-12-22(20)25-23(19)15-17;1-12-5-7-13(8-6-12)15-10-9-14(11-16-15)17(2,3)4;/h1-9,11-15H;5-7,9-11H,1-4H3;/q2*-1;/i;1D3;. The van der Waals surface area contributed by atoms with Crippen LogP contribution in [0.15, 0.2) is 126 Å². The van der Waals surface area contributed by atoms with Crippen LogP contribution in [0, 0.1) is 19.0 Å². The number of fused-ring (bicyclic) bond motifs is 3. The Morgan fingerprint density at radius 1 is 0.674 bits per heavy atom. The Balaban J connectivity index is 0.000000182. The van der Waals surface area contributed by atoms with Gasteiger partial charge in [0.25, 0.3) is 0 Å². The average Bonchev–Trinajstić information content (AvgIpc) is 3.42. The third kappa shape index (κ3) is 6.92. The van der Waals surface area contributed by atoms with Gasteiger partial charge >= 0.3 is 0 Å². The first-order valence-electron chi connectivity index (χ1n) is 15.4. The van der Waals surface area contributed by atoms with Gasteiger partial charge in [-0.25, -0.2) is 0 Å². The van der Waals surface area contributed by atoms with E-state index in [0.717, 1.165) is 50.0 Å². The van der Waals surface area contributed by atoms with Crippen LogP contribution in [-0.2, 0) is 20.1 Å². The smallest absolute Gasteiger partial charge is 0.121 e. The first kappa shape index (κ1) is 26.5. The Hall–Kier alpha value is -4.15. The molecule has 215 valence electrons. The van der Waals surface area contributed by atoms with Crippen molar-refractivity contribution in [3.63, 3.8) is 0 Å². The second-order valence-electron chi connectivity index (χ2n) is 11.2. The molecule has 3 nitrogen and oxygen atoms in total. The molecule has 7 aromatic rings. The van der Waals surface area contributed by atoms with Crippen molar-refractivity contribution in [2.45, 2.75) is 26.5 Å². The fourth-order valence-electron chi connectivity index (χ4n) is 4.78. The largest absolute Gasteiger partial charge is 0.500 e. The van der Waals surface area contributed by atoms with Crippen LogP contribution in [0.4, 0.5) is 0 Å². The third-order valence-electron chi connectivity index (χ3n) is 7.17. The van der Waals surface area contributed by atoms with E-state index in [2.05, 4.69) is 84.2 Å². The molecule has 1 radical (unpaired) electrons. The Morgan fingerprint density at radius 2 is 1.47 bits per heavy atom. The molecule has 0 aliphatic carbocycles. The molecular formula is C38H32IrN2OSi-2. The molecule has 3 aromatic heterocycles. The van der Waals surface area contributed by atoms with Crippen molar-refractivity contribution in [2.24, 2.45) is 0 Å². The minimum absolute atomic E-state index is 0. The molecule has 5 heteroatoms. The van der Waals surface area contributed by atoms with Crippen LogP contribution in [0.2, 0.25) is 19.6 Å². The summed E-state index contributed by atoms with van der Waals surface area (Å²) in [4.78, 5) is 8.88. The number of hydrogen-bond donors (Lipinski definition) is 0. The number of nitrogens with zero attached hydrogens (tertiary/aromatic N) is 2. The Kier molecular flexibility index (Phi) is 8.01. The zero-order valence-corrected chi connectivity index (χ0v) is 27.6. The van der Waals surface area contributed by atoms with Crippen molar-refractivity contribution in [3.05, 3.63) is 139 Å². The van der Waals surface area contributed by atoms with E-state index in [1.54, 1.807) is 18.3 Å². The summed E-state index contributed by atoms with van der Waals surface area (Å²) in [5.41, 5.74) is 7.92. The minimum atomic E-state index is -2.08. The fourth-order valence-corrected chi connectivity index (χ4v) is 5.82. The van der Waals surface area contributed by atoms with Gasteiger partial charge in [0.2, 0.25) is 0 Å². The van der Waals surface area contributed by atoms with Gasteiger partial charge in [-0.3, -0.25) is 0 Å². The first-order valence-corrected chi connectivity index (χ1v) is 17.4. The van der Waals surface area contributed by atoms with Gasteiger partial charge in [0.15, 0.2) is 0 Å². The molecule has 0 aliphatic rings. The summed E-state index contributed by atoms with van der Waals surface area (Å²) < 4.78 is 28.1. The summed E-state index contributed by atoms with van der Waals surface area (Å²) in [5.74, 6) is 0. The van der Waals surface area contributed by atoms with Gasteiger partial charge in [-0.2, -0.15) is 0 Å². The van der Waals surface area contributed by atoms with Gasteiger partial charge < -0.3 is 14.4 Å². The maximum absolute atomic E-state index is 7.35. The molecule has 0 bridgehead atoms. The maximum Gasteiger partial charge on any atom is 0.121 e. The summed E-state index contributed by atoms with van der Waals surface area (Å²) in [6.45, 7) is 4.76. The molecule has 0 atom stereocenters. The Bertz CT molecular complexity index is 2000. The molecule has 0 amide bonds. The molecule has 0 saturated heterocycles. The van der Waals surface area contributed by atoms with Crippen molar-refractivity contribution >= 4 is 35.2 Å². The van der Waals surface area contributed by atoms with Crippen LogP contribution in [0.5, 0.6) is 0 Å². The average molecular weight is 756 g/mol. The molecule has 0 N–H and O–H groups in total. The maximum atomic E-state index is 7.35. The summed E-state index contributed by atoms with van der Waals surface area (Å²) in [5, 5.41) is 3.51. The van der Waals surface area contributed by atoms with Gasteiger partial charge in [0.05, 0.1) is 13.7 Å². The van der Waals surface area contributed by atoms with Crippen molar-refractivity contribution in [3.8, 4) is 33.6 Å². The molecular weight excluding hydrogens is 721 g/mol. The van der Waals surface area contributed by atoms with Gasteiger partial charge in [0.1, 0.15) is 5.58 Å². The van der Waals surface area contributed by atoms with E-state index in [9.17, 15) is 0 Å². The summed E-state index contributed by atoms with van der Waals surface area (Å²) in [6.07, 6.45) is 3.72. The van der Waals surface area contributed by atoms with E-state index in [1.165, 1.54) is 16.8 Å². The molecule has 0 spiro atoms. The normalized spacial score (nSPS) is 12.4. The molecule has 0 saturated carbocycles. The molecule has 0 unspecified atom stereocenters. The SMILES string of the molecule is [2H]C([2H])([2H])c1c[c-]c(-c2ccc([Si](C)(C)C)cn2)cc1.[Ir].[c-]1cc2oc3cc(-c4ccccc4)ccc3c2cc1-c1ccccn1. The third-order valence-corrected chi connectivity index (χ3v) is 9.20. The second kappa shape index (κ2) is 13.0. The Labute approximate surface area is 272 Å². The van der Waals surface area contributed by atoms with Crippen LogP contribution in [0.3, 0.4) is 0 Å². The number of pyridine rings is 2. The van der Waals surface area contributed by atoms with Crippen molar-refractivity contribution < 1.29 is 28.6 Å². The molecule has 43 heavy (non-hydrogen) atoms. The van der Waals surface area contributed by atoms with E-state index in [1.807, 2.05) is 54.7 Å². The first-order chi connectivity index (χ1) is 21.6. The zero-order chi connectivity index (χ0) is 31.6. The van der Waals surface area contributed by atoms with E-state index in [4.69, 9.17) is 8.53 Å². The molecule has 0 aliphatic heterocycles. The topological polar surface area (TPSA) is 38.9 Å². The predicted octanol–water partition coefficient (Wildman–Crippen LogP) is 9.52. The minimum Gasteiger partial charge on any atom is -0.500 e. The summed E-state index contributed by atoms with van der Waals surface area (Å²) in [7, 11) is -1.34. The number of aromatic nitrogens is 2. The van der Waals surface area contributed by atoms with Crippen molar-refractivity contribution in [2.75, 3.05) is 0 Å². The van der Waals surface area contributed by atoms with E-state index in [0.29, 0.717) is 5.56 Å².